The highest BCUT2D eigenvalue weighted by Gasteiger charge is 2.38. The fourth-order valence-electron chi connectivity index (χ4n) is 7.34. The second-order valence-corrected chi connectivity index (χ2v) is 13.6. The number of likely N-dealkylation sites (tertiary alicyclic amines) is 2. The van der Waals surface area contributed by atoms with Crippen molar-refractivity contribution in [2.75, 3.05) is 39.3 Å². The quantitative estimate of drug-likeness (QED) is 0.175. The SMILES string of the molecule is CCOC(=O)CC(=O)N1CCC(NC(=O)CC(CCCN2CCC(O)(c3ccc(Cl)cc3)CC2)(c2ccccc2)c2ccccc2)CC1. The zero-order valence-electron chi connectivity index (χ0n) is 27.9. The second kappa shape index (κ2) is 16.6. The van der Waals surface area contributed by atoms with Crippen molar-refractivity contribution in [1.82, 2.24) is 15.1 Å². The van der Waals surface area contributed by atoms with Gasteiger partial charge in [-0.25, -0.2) is 0 Å². The predicted octanol–water partition coefficient (Wildman–Crippen LogP) is 5.84. The molecule has 2 amide bonds. The summed E-state index contributed by atoms with van der Waals surface area (Å²) in [6, 6.07) is 28.1. The number of benzene rings is 3. The summed E-state index contributed by atoms with van der Waals surface area (Å²) in [5.41, 5.74) is 1.77. The average molecular weight is 674 g/mol. The van der Waals surface area contributed by atoms with E-state index >= 15 is 0 Å². The van der Waals surface area contributed by atoms with E-state index in [9.17, 15) is 19.5 Å². The molecule has 3 aromatic rings. The van der Waals surface area contributed by atoms with Gasteiger partial charge in [-0.3, -0.25) is 14.4 Å². The van der Waals surface area contributed by atoms with Crippen LogP contribution in [0.2, 0.25) is 5.02 Å². The molecule has 0 bridgehead atoms. The van der Waals surface area contributed by atoms with Crippen LogP contribution in [0.25, 0.3) is 0 Å². The normalized spacial score (nSPS) is 17.1. The summed E-state index contributed by atoms with van der Waals surface area (Å²) in [4.78, 5) is 42.3. The molecule has 0 aromatic heterocycles. The molecule has 3 aromatic carbocycles. The maximum Gasteiger partial charge on any atom is 0.315 e. The highest BCUT2D eigenvalue weighted by atomic mass is 35.5. The number of rotatable bonds is 13. The number of halogens is 1. The van der Waals surface area contributed by atoms with E-state index < -0.39 is 17.0 Å². The molecule has 2 saturated heterocycles. The van der Waals surface area contributed by atoms with Crippen LogP contribution in [-0.4, -0.2) is 78.1 Å². The highest BCUT2D eigenvalue weighted by molar-refractivity contribution is 6.30. The van der Waals surface area contributed by atoms with Gasteiger partial charge in [-0.1, -0.05) is 84.4 Å². The Morgan fingerprint density at radius 3 is 2.04 bits per heavy atom. The fourth-order valence-corrected chi connectivity index (χ4v) is 7.46. The van der Waals surface area contributed by atoms with Crippen molar-refractivity contribution in [3.63, 3.8) is 0 Å². The van der Waals surface area contributed by atoms with Gasteiger partial charge in [0.05, 0.1) is 12.2 Å². The lowest BCUT2D eigenvalue weighted by Gasteiger charge is -2.40. The Morgan fingerprint density at radius 2 is 1.48 bits per heavy atom. The number of nitrogens with zero attached hydrogens (tertiary/aromatic N) is 2. The predicted molar refractivity (Wildman–Crippen MR) is 188 cm³/mol. The molecular weight excluding hydrogens is 626 g/mol. The molecule has 2 aliphatic rings. The minimum Gasteiger partial charge on any atom is -0.466 e. The maximum atomic E-state index is 13.9. The number of amides is 2. The lowest BCUT2D eigenvalue weighted by atomic mass is 9.68. The first kappa shape index (κ1) is 35.6. The number of esters is 1. The third-order valence-corrected chi connectivity index (χ3v) is 10.3. The van der Waals surface area contributed by atoms with Crippen LogP contribution in [0, 0.1) is 0 Å². The molecule has 0 aliphatic carbocycles. The van der Waals surface area contributed by atoms with E-state index in [1.54, 1.807) is 11.8 Å². The van der Waals surface area contributed by atoms with Gasteiger partial charge >= 0.3 is 5.97 Å². The molecular formula is C39H48ClN3O5. The van der Waals surface area contributed by atoms with E-state index in [1.165, 1.54) is 0 Å². The lowest BCUT2D eigenvalue weighted by molar-refractivity contribution is -0.149. The minimum atomic E-state index is -0.846. The zero-order valence-corrected chi connectivity index (χ0v) is 28.7. The zero-order chi connectivity index (χ0) is 34.0. The summed E-state index contributed by atoms with van der Waals surface area (Å²) >= 11 is 6.08. The highest BCUT2D eigenvalue weighted by Crippen LogP contribution is 2.41. The van der Waals surface area contributed by atoms with Crippen LogP contribution >= 0.6 is 11.6 Å². The number of nitrogens with one attached hydrogen (secondary N) is 1. The number of carbonyl (C=O) groups excluding carboxylic acids is 3. The molecule has 48 heavy (non-hydrogen) atoms. The summed E-state index contributed by atoms with van der Waals surface area (Å²) < 4.78 is 4.93. The number of ether oxygens (including phenoxy) is 1. The molecule has 0 unspecified atom stereocenters. The molecule has 2 heterocycles. The molecule has 9 heteroatoms. The monoisotopic (exact) mass is 673 g/mol. The van der Waals surface area contributed by atoms with Crippen molar-refractivity contribution in [2.45, 2.75) is 75.3 Å². The Bertz CT molecular complexity index is 1450. The third kappa shape index (κ3) is 9.04. The average Bonchev–Trinajstić information content (AvgIpc) is 3.10. The minimum absolute atomic E-state index is 0.00925. The van der Waals surface area contributed by atoms with Crippen LogP contribution in [0.15, 0.2) is 84.9 Å². The Balaban J connectivity index is 1.23. The maximum absolute atomic E-state index is 13.9. The van der Waals surface area contributed by atoms with E-state index in [0.717, 1.165) is 49.2 Å². The van der Waals surface area contributed by atoms with Crippen LogP contribution in [0.5, 0.6) is 0 Å². The molecule has 0 atom stereocenters. The van der Waals surface area contributed by atoms with Crippen molar-refractivity contribution < 1.29 is 24.2 Å². The van der Waals surface area contributed by atoms with Crippen molar-refractivity contribution in [3.05, 3.63) is 107 Å². The molecule has 0 saturated carbocycles. The Kier molecular flexibility index (Phi) is 12.3. The van der Waals surface area contributed by atoms with Gasteiger partial charge < -0.3 is 25.0 Å². The van der Waals surface area contributed by atoms with Gasteiger partial charge in [-0.15, -0.1) is 0 Å². The molecule has 5 rings (SSSR count). The summed E-state index contributed by atoms with van der Waals surface area (Å²) in [6.07, 6.45) is 4.33. The molecule has 256 valence electrons. The van der Waals surface area contributed by atoms with E-state index in [2.05, 4.69) is 34.5 Å². The molecule has 2 N–H and O–H groups in total. The van der Waals surface area contributed by atoms with Crippen LogP contribution in [-0.2, 0) is 30.1 Å². The molecule has 0 spiro atoms. The van der Waals surface area contributed by atoms with Gasteiger partial charge in [-0.05, 0) is 80.8 Å². The van der Waals surface area contributed by atoms with Crippen LogP contribution in [0.3, 0.4) is 0 Å². The van der Waals surface area contributed by atoms with Crippen LogP contribution in [0.1, 0.15) is 75.0 Å². The van der Waals surface area contributed by atoms with Gasteiger partial charge in [0.15, 0.2) is 0 Å². The number of carbonyl (C=O) groups is 3. The number of aliphatic hydroxyl groups is 1. The van der Waals surface area contributed by atoms with E-state index in [-0.39, 0.29) is 30.9 Å². The molecule has 0 radical (unpaired) electrons. The summed E-state index contributed by atoms with van der Waals surface area (Å²) in [7, 11) is 0. The number of hydrogen-bond acceptors (Lipinski definition) is 6. The van der Waals surface area contributed by atoms with E-state index in [1.807, 2.05) is 60.7 Å². The first-order valence-corrected chi connectivity index (χ1v) is 17.6. The van der Waals surface area contributed by atoms with Crippen LogP contribution in [0.4, 0.5) is 0 Å². The van der Waals surface area contributed by atoms with Crippen molar-refractivity contribution in [3.8, 4) is 0 Å². The van der Waals surface area contributed by atoms with Gasteiger partial charge in [0.2, 0.25) is 11.8 Å². The first-order valence-electron chi connectivity index (χ1n) is 17.3. The standard InChI is InChI=1S/C39H48ClN3O5/c1-2-48-37(46)28-36(45)43-24-18-34(19-25-43)41-35(44)29-38(30-10-5-3-6-11-30,31-12-7-4-8-13-31)20-9-23-42-26-21-39(47,22-27-42)32-14-16-33(40)17-15-32/h3-8,10-17,34,47H,2,9,18-29H2,1H3,(H,41,44). The smallest absolute Gasteiger partial charge is 0.315 e. The molecule has 2 aliphatic heterocycles. The van der Waals surface area contributed by atoms with Crippen molar-refractivity contribution in [2.24, 2.45) is 0 Å². The Hall–Kier alpha value is -3.72. The number of hydrogen-bond donors (Lipinski definition) is 2. The summed E-state index contributed by atoms with van der Waals surface area (Å²) in [5.74, 6) is -0.741. The Labute approximate surface area is 289 Å². The number of piperidine rings is 2. The van der Waals surface area contributed by atoms with Gasteiger partial charge in [-0.2, -0.15) is 0 Å². The first-order chi connectivity index (χ1) is 23.2. The fraction of sp³-hybridized carbons (Fsp3) is 0.462. The summed E-state index contributed by atoms with van der Waals surface area (Å²) in [6.45, 7) is 5.43. The largest absolute Gasteiger partial charge is 0.466 e. The van der Waals surface area contributed by atoms with Crippen LogP contribution < -0.4 is 5.32 Å². The van der Waals surface area contributed by atoms with Gasteiger partial charge in [0.1, 0.15) is 6.42 Å². The van der Waals surface area contributed by atoms with Crippen molar-refractivity contribution in [1.29, 1.82) is 0 Å². The molecule has 8 nitrogen and oxygen atoms in total. The van der Waals surface area contributed by atoms with E-state index in [4.69, 9.17) is 16.3 Å². The van der Waals surface area contributed by atoms with Crippen molar-refractivity contribution >= 4 is 29.4 Å². The van der Waals surface area contributed by atoms with E-state index in [0.29, 0.717) is 50.2 Å². The molecule has 2 fully saturated rings. The second-order valence-electron chi connectivity index (χ2n) is 13.2. The Morgan fingerprint density at radius 1 is 0.896 bits per heavy atom. The lowest BCUT2D eigenvalue weighted by Crippen LogP contribution is -2.48. The van der Waals surface area contributed by atoms with Gasteiger partial charge in [0.25, 0.3) is 0 Å². The topological polar surface area (TPSA) is 99.2 Å². The third-order valence-electron chi connectivity index (χ3n) is 10.1. The van der Waals surface area contributed by atoms with Gasteiger partial charge in [0, 0.05) is 49.1 Å². The summed E-state index contributed by atoms with van der Waals surface area (Å²) in [5, 5.41) is 15.3.